The molecule has 2 N–H and O–H groups in total. The second kappa shape index (κ2) is 4.85. The molecular formula is C7H15N. The molecular weight excluding hydrogens is 98.1 g/mol. The van der Waals surface area contributed by atoms with Gasteiger partial charge in [-0.25, -0.2) is 0 Å². The summed E-state index contributed by atoms with van der Waals surface area (Å²) in [5, 5.41) is 0. The molecule has 0 aromatic rings. The van der Waals surface area contributed by atoms with Crippen LogP contribution in [0.5, 0.6) is 0 Å². The summed E-state index contributed by atoms with van der Waals surface area (Å²) in [5.74, 6) is 0. The van der Waals surface area contributed by atoms with Gasteiger partial charge in [0.2, 0.25) is 0 Å². The first-order chi connectivity index (χ1) is 3.85. The van der Waals surface area contributed by atoms with Gasteiger partial charge in [0.15, 0.2) is 0 Å². The fraction of sp³-hybridized carbons (Fsp3) is 0.714. The van der Waals surface area contributed by atoms with Gasteiger partial charge in [0, 0.05) is 0 Å². The van der Waals surface area contributed by atoms with Crippen LogP contribution in [-0.2, 0) is 0 Å². The highest BCUT2D eigenvalue weighted by Crippen LogP contribution is 2.02. The molecule has 0 spiro atoms. The lowest BCUT2D eigenvalue weighted by molar-refractivity contribution is 0.891. The first-order valence-electron chi connectivity index (χ1n) is 3.19. The Morgan fingerprint density at radius 3 is 2.38 bits per heavy atom. The van der Waals surface area contributed by atoms with E-state index in [2.05, 4.69) is 19.9 Å². The summed E-state index contributed by atoms with van der Waals surface area (Å²) in [7, 11) is 0. The Morgan fingerprint density at radius 1 is 1.62 bits per heavy atom. The van der Waals surface area contributed by atoms with Crippen LogP contribution in [0.4, 0.5) is 0 Å². The van der Waals surface area contributed by atoms with E-state index in [1.165, 1.54) is 5.57 Å². The molecule has 0 amide bonds. The molecule has 0 aliphatic heterocycles. The van der Waals surface area contributed by atoms with Crippen molar-refractivity contribution < 1.29 is 0 Å². The summed E-state index contributed by atoms with van der Waals surface area (Å²) in [4.78, 5) is 0. The molecule has 0 saturated carbocycles. The van der Waals surface area contributed by atoms with Gasteiger partial charge >= 0.3 is 0 Å². The van der Waals surface area contributed by atoms with Gasteiger partial charge in [-0.15, -0.1) is 0 Å². The first-order valence-corrected chi connectivity index (χ1v) is 3.19. The van der Waals surface area contributed by atoms with Crippen molar-refractivity contribution >= 4 is 0 Å². The number of nitrogens with two attached hydrogens (primary N) is 1. The Morgan fingerprint density at radius 2 is 2.25 bits per heavy atom. The fourth-order valence-corrected chi connectivity index (χ4v) is 0.711. The van der Waals surface area contributed by atoms with Gasteiger partial charge in [0.1, 0.15) is 0 Å². The minimum absolute atomic E-state index is 0.785. The van der Waals surface area contributed by atoms with Crippen LogP contribution in [0.3, 0.4) is 0 Å². The Balaban J connectivity index is 3.38. The number of allylic oxidation sites excluding steroid dienone is 1. The van der Waals surface area contributed by atoms with Gasteiger partial charge in [0.25, 0.3) is 0 Å². The smallest absolute Gasteiger partial charge is 0.00399 e. The maximum atomic E-state index is 5.34. The maximum Gasteiger partial charge on any atom is -0.00399 e. The normalized spacial score (nSPS) is 12.1. The van der Waals surface area contributed by atoms with E-state index in [1.54, 1.807) is 0 Å². The first kappa shape index (κ1) is 7.70. The molecule has 0 radical (unpaired) electrons. The van der Waals surface area contributed by atoms with E-state index in [0.29, 0.717) is 0 Å². The summed E-state index contributed by atoms with van der Waals surface area (Å²) >= 11 is 0. The van der Waals surface area contributed by atoms with Crippen LogP contribution < -0.4 is 5.73 Å². The van der Waals surface area contributed by atoms with E-state index < -0.39 is 0 Å². The third kappa shape index (κ3) is 2.80. The molecule has 0 bridgehead atoms. The van der Waals surface area contributed by atoms with Gasteiger partial charge in [-0.1, -0.05) is 18.6 Å². The van der Waals surface area contributed by atoms with Crippen LogP contribution in [0.25, 0.3) is 0 Å². The Labute approximate surface area is 51.6 Å². The summed E-state index contributed by atoms with van der Waals surface area (Å²) in [6.07, 6.45) is 4.35. The lowest BCUT2D eigenvalue weighted by Crippen LogP contribution is -1.99. The summed E-state index contributed by atoms with van der Waals surface area (Å²) < 4.78 is 0. The molecule has 0 aliphatic rings. The minimum Gasteiger partial charge on any atom is -0.330 e. The highest BCUT2D eigenvalue weighted by molar-refractivity contribution is 4.98. The van der Waals surface area contributed by atoms with Crippen molar-refractivity contribution in [3.8, 4) is 0 Å². The quantitative estimate of drug-likeness (QED) is 0.554. The summed E-state index contributed by atoms with van der Waals surface area (Å²) in [6.45, 7) is 5.01. The van der Waals surface area contributed by atoms with E-state index in [1.807, 2.05) is 0 Å². The monoisotopic (exact) mass is 113 g/mol. The molecule has 8 heavy (non-hydrogen) atoms. The molecule has 0 aliphatic carbocycles. The zero-order valence-corrected chi connectivity index (χ0v) is 5.78. The topological polar surface area (TPSA) is 26.0 Å². The predicted octanol–water partition coefficient (Wildman–Crippen LogP) is 1.69. The van der Waals surface area contributed by atoms with E-state index in [4.69, 9.17) is 5.73 Å². The van der Waals surface area contributed by atoms with E-state index in [9.17, 15) is 0 Å². The van der Waals surface area contributed by atoms with Crippen molar-refractivity contribution in [2.24, 2.45) is 5.73 Å². The maximum absolute atomic E-state index is 5.34. The van der Waals surface area contributed by atoms with Crippen LogP contribution >= 0.6 is 0 Å². The van der Waals surface area contributed by atoms with Crippen LogP contribution in [0, 0.1) is 0 Å². The average molecular weight is 113 g/mol. The lowest BCUT2D eigenvalue weighted by atomic mass is 10.1. The Hall–Kier alpha value is -0.300. The standard InChI is InChI=1S/C7H15N/c1-3-7(4-2)5-6-8/h3H,4-6,8H2,1-2H3/b7-3-. The Bertz CT molecular complexity index is 74.5. The fourth-order valence-electron chi connectivity index (χ4n) is 0.711. The molecule has 48 valence electrons. The summed E-state index contributed by atoms with van der Waals surface area (Å²) in [6, 6.07) is 0. The zero-order valence-electron chi connectivity index (χ0n) is 5.78. The van der Waals surface area contributed by atoms with E-state index >= 15 is 0 Å². The molecule has 0 aromatic carbocycles. The van der Waals surface area contributed by atoms with Crippen molar-refractivity contribution in [3.05, 3.63) is 11.6 Å². The summed E-state index contributed by atoms with van der Waals surface area (Å²) in [5.41, 5.74) is 6.80. The minimum atomic E-state index is 0.785. The highest BCUT2D eigenvalue weighted by Gasteiger charge is 1.86. The van der Waals surface area contributed by atoms with Crippen molar-refractivity contribution in [3.63, 3.8) is 0 Å². The van der Waals surface area contributed by atoms with Crippen molar-refractivity contribution in [1.82, 2.24) is 0 Å². The van der Waals surface area contributed by atoms with Gasteiger partial charge in [0.05, 0.1) is 0 Å². The average Bonchev–Trinajstić information content (AvgIpc) is 1.83. The molecule has 0 atom stereocenters. The van der Waals surface area contributed by atoms with Gasteiger partial charge < -0.3 is 5.73 Å². The van der Waals surface area contributed by atoms with E-state index in [0.717, 1.165) is 19.4 Å². The largest absolute Gasteiger partial charge is 0.330 e. The lowest BCUT2D eigenvalue weighted by Gasteiger charge is -1.97. The molecule has 0 rings (SSSR count). The third-order valence-electron chi connectivity index (χ3n) is 1.33. The molecule has 0 saturated heterocycles. The third-order valence-corrected chi connectivity index (χ3v) is 1.33. The van der Waals surface area contributed by atoms with Crippen LogP contribution in [-0.4, -0.2) is 6.54 Å². The second-order valence-corrected chi connectivity index (χ2v) is 1.84. The van der Waals surface area contributed by atoms with Gasteiger partial charge in [-0.05, 0) is 26.3 Å². The zero-order chi connectivity index (χ0) is 6.41. The number of hydrogen-bond donors (Lipinski definition) is 1. The second-order valence-electron chi connectivity index (χ2n) is 1.84. The molecule has 0 aromatic heterocycles. The predicted molar refractivity (Wildman–Crippen MR) is 37.7 cm³/mol. The van der Waals surface area contributed by atoms with Crippen molar-refractivity contribution in [2.45, 2.75) is 26.7 Å². The van der Waals surface area contributed by atoms with Crippen LogP contribution in [0.2, 0.25) is 0 Å². The molecule has 1 heteroatoms. The highest BCUT2D eigenvalue weighted by atomic mass is 14.5. The van der Waals surface area contributed by atoms with Crippen molar-refractivity contribution in [2.75, 3.05) is 6.54 Å². The Kier molecular flexibility index (Phi) is 4.67. The van der Waals surface area contributed by atoms with Crippen molar-refractivity contribution in [1.29, 1.82) is 0 Å². The van der Waals surface area contributed by atoms with Crippen LogP contribution in [0.1, 0.15) is 26.7 Å². The van der Waals surface area contributed by atoms with Gasteiger partial charge in [-0.3, -0.25) is 0 Å². The molecule has 0 heterocycles. The SMILES string of the molecule is C/C=C(/CC)CCN. The molecule has 0 fully saturated rings. The van der Waals surface area contributed by atoms with Crippen LogP contribution in [0.15, 0.2) is 11.6 Å². The number of hydrogen-bond acceptors (Lipinski definition) is 1. The molecule has 1 nitrogen and oxygen atoms in total. The van der Waals surface area contributed by atoms with Gasteiger partial charge in [-0.2, -0.15) is 0 Å². The molecule has 0 unspecified atom stereocenters. The van der Waals surface area contributed by atoms with E-state index in [-0.39, 0.29) is 0 Å². The number of rotatable bonds is 3.